The zero-order valence-electron chi connectivity index (χ0n) is 41.7. The number of hydrogen-bond donors (Lipinski definition) is 4. The van der Waals surface area contributed by atoms with Crippen LogP contribution in [0.25, 0.3) is 0 Å². The molecule has 0 saturated carbocycles. The number of carbonyl (C=O) groups is 1. The molecule has 0 aromatic heterocycles. The maximum absolute atomic E-state index is 12.8. The summed E-state index contributed by atoms with van der Waals surface area (Å²) in [6.07, 6.45) is 58.7. The highest BCUT2D eigenvalue weighted by molar-refractivity contribution is 5.69. The van der Waals surface area contributed by atoms with Gasteiger partial charge in [0.05, 0.1) is 19.8 Å². The van der Waals surface area contributed by atoms with E-state index >= 15 is 0 Å². The van der Waals surface area contributed by atoms with Crippen molar-refractivity contribution in [2.24, 2.45) is 0 Å². The van der Waals surface area contributed by atoms with Gasteiger partial charge in [0.15, 0.2) is 6.29 Å². The van der Waals surface area contributed by atoms with Crippen LogP contribution in [0.2, 0.25) is 0 Å². The molecular formula is C57H96O9. The van der Waals surface area contributed by atoms with E-state index in [1.165, 1.54) is 77.0 Å². The molecule has 6 unspecified atom stereocenters. The minimum atomic E-state index is -1.55. The van der Waals surface area contributed by atoms with Crippen LogP contribution in [-0.2, 0) is 23.7 Å². The van der Waals surface area contributed by atoms with Crippen LogP contribution < -0.4 is 0 Å². The molecule has 6 atom stereocenters. The van der Waals surface area contributed by atoms with Crippen molar-refractivity contribution in [2.45, 2.75) is 230 Å². The van der Waals surface area contributed by atoms with Crippen molar-refractivity contribution in [2.75, 3.05) is 26.4 Å². The maximum atomic E-state index is 12.8. The van der Waals surface area contributed by atoms with Crippen LogP contribution in [0.4, 0.5) is 0 Å². The number of ether oxygens (including phenoxy) is 4. The zero-order chi connectivity index (χ0) is 47.8. The summed E-state index contributed by atoms with van der Waals surface area (Å²) in [5.74, 6) is -0.331. The summed E-state index contributed by atoms with van der Waals surface area (Å²) in [5, 5.41) is 40.3. The lowest BCUT2D eigenvalue weighted by atomic mass is 9.99. The number of carbonyl (C=O) groups excluding carboxylic acids is 1. The van der Waals surface area contributed by atoms with Gasteiger partial charge in [0.2, 0.25) is 0 Å². The maximum Gasteiger partial charge on any atom is 0.306 e. The highest BCUT2D eigenvalue weighted by atomic mass is 16.7. The van der Waals surface area contributed by atoms with E-state index in [0.29, 0.717) is 13.0 Å². The highest BCUT2D eigenvalue weighted by Crippen LogP contribution is 2.23. The third-order valence-electron chi connectivity index (χ3n) is 11.5. The second kappa shape index (κ2) is 47.2. The standard InChI is InChI=1S/C57H96O9/c1-3-5-7-9-11-13-15-17-19-21-23-24-25-26-27-29-31-33-35-37-39-41-43-45-47-63-49-51(50-64-57-56(62)55(61)54(60)52(48-58)66-57)65-53(59)46-44-42-40-38-36-34-32-30-28-22-20-18-16-14-12-10-8-6-4-2/h5-8,11-14,17-20,23-24,28,30,51-52,54-58,60-62H,3-4,9-10,15-16,21-22,25-27,29,31-50H2,1-2H3/b7-5-,8-6-,13-11-,14-12-,19-17-,20-18-,24-23-,30-28-. The Bertz CT molecular complexity index is 1330. The fourth-order valence-corrected chi connectivity index (χ4v) is 7.47. The van der Waals surface area contributed by atoms with E-state index in [9.17, 15) is 25.2 Å². The fourth-order valence-electron chi connectivity index (χ4n) is 7.47. The minimum absolute atomic E-state index is 0.126. The smallest absolute Gasteiger partial charge is 0.306 e. The molecule has 4 N–H and O–H groups in total. The predicted octanol–water partition coefficient (Wildman–Crippen LogP) is 13.1. The van der Waals surface area contributed by atoms with Crippen LogP contribution in [0, 0.1) is 0 Å². The van der Waals surface area contributed by atoms with Gasteiger partial charge in [0, 0.05) is 13.0 Å². The Morgan fingerprint density at radius 2 is 0.879 bits per heavy atom. The average Bonchev–Trinajstić information content (AvgIpc) is 3.32. The van der Waals surface area contributed by atoms with Crippen LogP contribution in [0.1, 0.15) is 194 Å². The average molecular weight is 925 g/mol. The molecule has 66 heavy (non-hydrogen) atoms. The largest absolute Gasteiger partial charge is 0.457 e. The number of unbranched alkanes of at least 4 members (excludes halogenated alkanes) is 17. The molecule has 0 amide bonds. The number of rotatable bonds is 44. The third-order valence-corrected chi connectivity index (χ3v) is 11.5. The van der Waals surface area contributed by atoms with Crippen molar-refractivity contribution in [1.29, 1.82) is 0 Å². The molecule has 1 heterocycles. The first-order valence-electron chi connectivity index (χ1n) is 26.3. The van der Waals surface area contributed by atoms with Crippen molar-refractivity contribution in [3.63, 3.8) is 0 Å². The predicted molar refractivity (Wildman–Crippen MR) is 274 cm³/mol. The number of esters is 1. The molecule has 1 fully saturated rings. The van der Waals surface area contributed by atoms with Crippen LogP contribution >= 0.6 is 0 Å². The number of aliphatic hydroxyl groups excluding tert-OH is 4. The topological polar surface area (TPSA) is 135 Å². The molecule has 9 heteroatoms. The molecule has 1 aliphatic rings. The molecule has 378 valence electrons. The van der Waals surface area contributed by atoms with Crippen molar-refractivity contribution in [3.8, 4) is 0 Å². The molecule has 0 aromatic rings. The Balaban J connectivity index is 2.21. The van der Waals surface area contributed by atoms with E-state index in [2.05, 4.69) is 111 Å². The fraction of sp³-hybridized carbons (Fsp3) is 0.702. The van der Waals surface area contributed by atoms with Gasteiger partial charge in [-0.2, -0.15) is 0 Å². The summed E-state index contributed by atoms with van der Waals surface area (Å²) in [4.78, 5) is 12.8. The van der Waals surface area contributed by atoms with Gasteiger partial charge in [0.1, 0.15) is 30.5 Å². The van der Waals surface area contributed by atoms with Crippen molar-refractivity contribution < 1.29 is 44.2 Å². The summed E-state index contributed by atoms with van der Waals surface area (Å²) < 4.78 is 22.9. The number of allylic oxidation sites excluding steroid dienone is 16. The molecule has 0 aliphatic carbocycles. The minimum Gasteiger partial charge on any atom is -0.457 e. The van der Waals surface area contributed by atoms with E-state index in [1.54, 1.807) is 0 Å². The van der Waals surface area contributed by atoms with Crippen molar-refractivity contribution >= 4 is 5.97 Å². The number of aliphatic hydroxyl groups is 4. The summed E-state index contributed by atoms with van der Waals surface area (Å²) in [6.45, 7) is 4.30. The second-order valence-electron chi connectivity index (χ2n) is 17.6. The Labute approximate surface area is 402 Å². The second-order valence-corrected chi connectivity index (χ2v) is 17.6. The van der Waals surface area contributed by atoms with Crippen LogP contribution in [0.3, 0.4) is 0 Å². The Morgan fingerprint density at radius 3 is 1.32 bits per heavy atom. The van der Waals surface area contributed by atoms with Gasteiger partial charge in [-0.3, -0.25) is 4.79 Å². The van der Waals surface area contributed by atoms with Gasteiger partial charge in [-0.05, 0) is 89.9 Å². The summed E-state index contributed by atoms with van der Waals surface area (Å²) in [7, 11) is 0. The van der Waals surface area contributed by atoms with Gasteiger partial charge in [-0.1, -0.05) is 195 Å². The number of hydrogen-bond acceptors (Lipinski definition) is 9. The molecule has 0 radical (unpaired) electrons. The van der Waals surface area contributed by atoms with E-state index in [4.69, 9.17) is 18.9 Å². The zero-order valence-corrected chi connectivity index (χ0v) is 41.7. The lowest BCUT2D eigenvalue weighted by Gasteiger charge is -2.39. The first-order valence-corrected chi connectivity index (χ1v) is 26.3. The first kappa shape index (κ1) is 61.1. The van der Waals surface area contributed by atoms with Crippen LogP contribution in [0.15, 0.2) is 97.2 Å². The lowest BCUT2D eigenvalue weighted by Crippen LogP contribution is -2.59. The molecule has 0 aromatic carbocycles. The summed E-state index contributed by atoms with van der Waals surface area (Å²) >= 11 is 0. The Morgan fingerprint density at radius 1 is 0.485 bits per heavy atom. The van der Waals surface area contributed by atoms with Crippen molar-refractivity contribution in [1.82, 2.24) is 0 Å². The summed E-state index contributed by atoms with van der Waals surface area (Å²) in [6, 6.07) is 0. The van der Waals surface area contributed by atoms with Crippen LogP contribution in [-0.4, -0.2) is 89.6 Å². The highest BCUT2D eigenvalue weighted by Gasteiger charge is 2.44. The SMILES string of the molecule is CC/C=C\C/C=C\C/C=C\C/C=C\CCCCCCCCCCCCCOCC(COC1OC(CO)C(O)C(O)C1O)OC(=O)CCCCCCCC/C=C\C/C=C\C/C=C\C/C=C\CC. The van der Waals surface area contributed by atoms with Gasteiger partial charge in [0.25, 0.3) is 0 Å². The normalized spacial score (nSPS) is 20.1. The van der Waals surface area contributed by atoms with Crippen molar-refractivity contribution in [3.05, 3.63) is 97.2 Å². The van der Waals surface area contributed by atoms with Crippen LogP contribution in [0.5, 0.6) is 0 Å². The molecule has 9 nitrogen and oxygen atoms in total. The molecule has 1 saturated heterocycles. The molecule has 1 aliphatic heterocycles. The quantitative estimate of drug-likeness (QED) is 0.0268. The van der Waals surface area contributed by atoms with E-state index < -0.39 is 43.4 Å². The monoisotopic (exact) mass is 925 g/mol. The molecule has 0 bridgehead atoms. The third kappa shape index (κ3) is 37.1. The summed E-state index contributed by atoms with van der Waals surface area (Å²) in [5.41, 5.74) is 0. The molecular weight excluding hydrogens is 829 g/mol. The molecule has 1 rings (SSSR count). The Kier molecular flexibility index (Phi) is 43.7. The Hall–Kier alpha value is -2.89. The first-order chi connectivity index (χ1) is 32.4. The van der Waals surface area contributed by atoms with Gasteiger partial charge >= 0.3 is 5.97 Å². The van der Waals surface area contributed by atoms with Gasteiger partial charge in [-0.25, -0.2) is 0 Å². The van der Waals surface area contributed by atoms with Gasteiger partial charge in [-0.15, -0.1) is 0 Å². The lowest BCUT2D eigenvalue weighted by molar-refractivity contribution is -0.305. The van der Waals surface area contributed by atoms with E-state index in [1.807, 2.05) is 0 Å². The van der Waals surface area contributed by atoms with E-state index in [-0.39, 0.29) is 19.2 Å². The van der Waals surface area contributed by atoms with Gasteiger partial charge < -0.3 is 39.4 Å². The molecule has 0 spiro atoms. The van der Waals surface area contributed by atoms with E-state index in [0.717, 1.165) is 96.3 Å².